The molecule has 0 bridgehead atoms. The van der Waals surface area contributed by atoms with Gasteiger partial charge >= 0.3 is 0 Å². The third-order valence-electron chi connectivity index (χ3n) is 3.39. The zero-order chi connectivity index (χ0) is 14.3. The molecule has 6 heteroatoms. The molecule has 20 heavy (non-hydrogen) atoms. The number of sulfonamides is 1. The Morgan fingerprint density at radius 2 is 1.80 bits per heavy atom. The molecule has 104 valence electrons. The molecule has 0 amide bonds. The summed E-state index contributed by atoms with van der Waals surface area (Å²) in [6.45, 7) is 0.442. The third-order valence-corrected chi connectivity index (χ3v) is 5.92. The lowest BCUT2D eigenvalue weighted by Gasteiger charge is -2.21. The highest BCUT2D eigenvalue weighted by Crippen LogP contribution is 2.37. The smallest absolute Gasteiger partial charge is 0.264 e. The predicted octanol–water partition coefficient (Wildman–Crippen LogP) is 2.62. The van der Waals surface area contributed by atoms with Crippen LogP contribution in [0, 0.1) is 3.57 Å². The van der Waals surface area contributed by atoms with E-state index in [0.29, 0.717) is 29.2 Å². The molecule has 0 saturated carbocycles. The van der Waals surface area contributed by atoms with Crippen molar-refractivity contribution in [3.63, 3.8) is 0 Å². The maximum absolute atomic E-state index is 12.7. The summed E-state index contributed by atoms with van der Waals surface area (Å²) in [5, 5.41) is 0. The van der Waals surface area contributed by atoms with Crippen molar-refractivity contribution in [2.75, 3.05) is 16.6 Å². The summed E-state index contributed by atoms with van der Waals surface area (Å²) < 4.78 is 27.9. The highest BCUT2D eigenvalue weighted by atomic mass is 127. The maximum Gasteiger partial charge on any atom is 0.264 e. The Morgan fingerprint density at radius 3 is 2.50 bits per heavy atom. The van der Waals surface area contributed by atoms with Gasteiger partial charge in [-0.05, 0) is 64.9 Å². The molecule has 1 heterocycles. The second-order valence-corrected chi connectivity index (χ2v) is 7.74. The van der Waals surface area contributed by atoms with Crippen molar-refractivity contribution < 1.29 is 8.42 Å². The highest BCUT2D eigenvalue weighted by molar-refractivity contribution is 14.1. The minimum Gasteiger partial charge on any atom is -0.397 e. The Kier molecular flexibility index (Phi) is 3.37. The van der Waals surface area contributed by atoms with E-state index in [1.54, 1.807) is 30.3 Å². The molecule has 2 aromatic rings. The highest BCUT2D eigenvalue weighted by Gasteiger charge is 2.32. The summed E-state index contributed by atoms with van der Waals surface area (Å²) >= 11 is 2.15. The van der Waals surface area contributed by atoms with E-state index in [9.17, 15) is 8.42 Å². The minimum absolute atomic E-state index is 0.300. The largest absolute Gasteiger partial charge is 0.397 e. The molecule has 0 spiro atoms. The van der Waals surface area contributed by atoms with E-state index < -0.39 is 10.0 Å². The van der Waals surface area contributed by atoms with Gasteiger partial charge in [-0.2, -0.15) is 0 Å². The van der Waals surface area contributed by atoms with Gasteiger partial charge in [0.2, 0.25) is 0 Å². The van der Waals surface area contributed by atoms with Crippen molar-refractivity contribution in [1.29, 1.82) is 0 Å². The Balaban J connectivity index is 2.09. The van der Waals surface area contributed by atoms with E-state index in [1.807, 2.05) is 12.1 Å². The van der Waals surface area contributed by atoms with E-state index in [-0.39, 0.29) is 0 Å². The molecule has 0 radical (unpaired) electrons. The van der Waals surface area contributed by atoms with Gasteiger partial charge in [-0.1, -0.05) is 12.1 Å². The van der Waals surface area contributed by atoms with Gasteiger partial charge in [-0.3, -0.25) is 4.31 Å². The summed E-state index contributed by atoms with van der Waals surface area (Å²) in [7, 11) is -3.54. The van der Waals surface area contributed by atoms with Crippen LogP contribution in [0.1, 0.15) is 5.56 Å². The number of rotatable bonds is 2. The van der Waals surface area contributed by atoms with Gasteiger partial charge in [0.05, 0.1) is 16.3 Å². The van der Waals surface area contributed by atoms with Crippen molar-refractivity contribution in [1.82, 2.24) is 0 Å². The average Bonchev–Trinajstić information content (AvgIpc) is 2.85. The van der Waals surface area contributed by atoms with Crippen LogP contribution in [0.3, 0.4) is 0 Å². The number of hydrogen-bond donors (Lipinski definition) is 1. The van der Waals surface area contributed by atoms with Gasteiger partial charge in [-0.15, -0.1) is 0 Å². The number of benzene rings is 2. The van der Waals surface area contributed by atoms with Crippen LogP contribution in [0.5, 0.6) is 0 Å². The van der Waals surface area contributed by atoms with Crippen LogP contribution in [0.25, 0.3) is 0 Å². The lowest BCUT2D eigenvalue weighted by atomic mass is 10.1. The van der Waals surface area contributed by atoms with Crippen molar-refractivity contribution >= 4 is 44.0 Å². The summed E-state index contributed by atoms with van der Waals surface area (Å²) in [4.78, 5) is 0.300. The van der Waals surface area contributed by atoms with Gasteiger partial charge in [-0.25, -0.2) is 8.42 Å². The van der Waals surface area contributed by atoms with E-state index >= 15 is 0 Å². The molecule has 0 unspecified atom stereocenters. The van der Waals surface area contributed by atoms with Crippen LogP contribution < -0.4 is 10.0 Å². The molecule has 0 aliphatic carbocycles. The van der Waals surface area contributed by atoms with Gasteiger partial charge in [0, 0.05) is 10.1 Å². The molecule has 2 aromatic carbocycles. The quantitative estimate of drug-likeness (QED) is 0.623. The fraction of sp³-hybridized carbons (Fsp3) is 0.143. The number of fused-ring (bicyclic) bond motifs is 1. The predicted molar refractivity (Wildman–Crippen MR) is 88.2 cm³/mol. The third kappa shape index (κ3) is 2.16. The topological polar surface area (TPSA) is 63.4 Å². The lowest BCUT2D eigenvalue weighted by Crippen LogP contribution is -2.29. The van der Waals surface area contributed by atoms with Crippen molar-refractivity contribution in [2.45, 2.75) is 11.3 Å². The van der Waals surface area contributed by atoms with Gasteiger partial charge in [0.25, 0.3) is 10.0 Å². The van der Waals surface area contributed by atoms with Gasteiger partial charge in [0.1, 0.15) is 0 Å². The van der Waals surface area contributed by atoms with E-state index in [1.165, 1.54) is 4.31 Å². The molecule has 0 aromatic heterocycles. The van der Waals surface area contributed by atoms with Crippen molar-refractivity contribution in [3.8, 4) is 0 Å². The number of para-hydroxylation sites is 1. The monoisotopic (exact) mass is 400 g/mol. The minimum atomic E-state index is -3.54. The lowest BCUT2D eigenvalue weighted by molar-refractivity contribution is 0.592. The normalized spacial score (nSPS) is 14.3. The fourth-order valence-corrected chi connectivity index (χ4v) is 4.31. The maximum atomic E-state index is 12.7. The molecule has 2 N–H and O–H groups in total. The molecule has 1 aliphatic heterocycles. The summed E-state index contributed by atoms with van der Waals surface area (Å²) in [5.41, 5.74) is 8.08. The van der Waals surface area contributed by atoms with Gasteiger partial charge < -0.3 is 5.73 Å². The standard InChI is InChI=1S/C14H13IN2O2S/c15-11-4-6-12(7-5-11)20(18,19)17-9-8-10-2-1-3-13(16)14(10)17/h1-7H,8-9,16H2. The molecular weight excluding hydrogens is 387 g/mol. The number of nitrogens with two attached hydrogens (primary N) is 1. The zero-order valence-corrected chi connectivity index (χ0v) is 13.6. The number of hydrogen-bond acceptors (Lipinski definition) is 3. The van der Waals surface area contributed by atoms with E-state index in [0.717, 1.165) is 9.13 Å². The molecule has 0 atom stereocenters. The zero-order valence-electron chi connectivity index (χ0n) is 10.6. The van der Waals surface area contributed by atoms with Crippen LogP contribution in [0.4, 0.5) is 11.4 Å². The van der Waals surface area contributed by atoms with Crippen LogP contribution in [-0.2, 0) is 16.4 Å². The summed E-state index contributed by atoms with van der Waals surface area (Å²) in [6, 6.07) is 12.4. The van der Waals surface area contributed by atoms with Crippen LogP contribution in [0.2, 0.25) is 0 Å². The Hall–Kier alpha value is -1.28. The SMILES string of the molecule is Nc1cccc2c1N(S(=O)(=O)c1ccc(I)cc1)CC2. The number of nitrogens with zero attached hydrogens (tertiary/aromatic N) is 1. The molecule has 1 aliphatic rings. The van der Waals surface area contributed by atoms with Crippen LogP contribution in [-0.4, -0.2) is 15.0 Å². The molecule has 0 fully saturated rings. The number of nitrogen functional groups attached to an aromatic ring is 1. The van der Waals surface area contributed by atoms with Crippen molar-refractivity contribution in [3.05, 3.63) is 51.6 Å². The fourth-order valence-electron chi connectivity index (χ4n) is 2.43. The number of halogens is 1. The summed E-state index contributed by atoms with van der Waals surface area (Å²) in [5.74, 6) is 0. The number of anilines is 2. The molecular formula is C14H13IN2O2S. The first kappa shape index (κ1) is 13.7. The van der Waals surface area contributed by atoms with E-state index in [2.05, 4.69) is 22.6 Å². The second-order valence-electron chi connectivity index (χ2n) is 4.64. The Bertz CT molecular complexity index is 757. The Morgan fingerprint density at radius 1 is 1.10 bits per heavy atom. The van der Waals surface area contributed by atoms with E-state index in [4.69, 9.17) is 5.73 Å². The molecule has 0 saturated heterocycles. The Labute approximate surface area is 131 Å². The molecule has 3 rings (SSSR count). The van der Waals surface area contributed by atoms with Crippen molar-refractivity contribution in [2.24, 2.45) is 0 Å². The van der Waals surface area contributed by atoms with Crippen LogP contribution in [0.15, 0.2) is 47.4 Å². The first-order valence-electron chi connectivity index (χ1n) is 6.16. The van der Waals surface area contributed by atoms with Crippen LogP contribution >= 0.6 is 22.6 Å². The average molecular weight is 400 g/mol. The molecule has 4 nitrogen and oxygen atoms in total. The summed E-state index contributed by atoms with van der Waals surface area (Å²) in [6.07, 6.45) is 0.698. The van der Waals surface area contributed by atoms with Gasteiger partial charge in [0.15, 0.2) is 0 Å². The first-order chi connectivity index (χ1) is 9.50. The first-order valence-corrected chi connectivity index (χ1v) is 8.68. The second kappa shape index (κ2) is 4.92.